The van der Waals surface area contributed by atoms with Crippen LogP contribution in [0, 0.1) is 4.77 Å². The van der Waals surface area contributed by atoms with Crippen LogP contribution in [0.15, 0.2) is 84.2 Å². The summed E-state index contributed by atoms with van der Waals surface area (Å²) in [4.78, 5) is 4.12. The second-order valence-corrected chi connectivity index (χ2v) is 6.38. The van der Waals surface area contributed by atoms with Crippen LogP contribution < -0.4 is 4.74 Å². The van der Waals surface area contributed by atoms with E-state index in [9.17, 15) is 0 Å². The van der Waals surface area contributed by atoms with Gasteiger partial charge in [0.2, 0.25) is 4.77 Å². The van der Waals surface area contributed by atoms with E-state index in [4.69, 9.17) is 17.0 Å². The monoisotopic (exact) mass is 387 g/mol. The van der Waals surface area contributed by atoms with Crippen molar-refractivity contribution in [3.63, 3.8) is 0 Å². The average molecular weight is 387 g/mol. The standard InChI is InChI=1S/C21H17N5OS/c28-21-25-24-20(18-9-5-11-22-14-18)26(21)23-13-17-8-4-10-19(12-17)27-15-16-6-2-1-3-7-16/h1-14H,15H2,(H,25,28)/b23-13-. The van der Waals surface area contributed by atoms with Crippen molar-refractivity contribution in [3.8, 4) is 17.1 Å². The first-order valence-corrected chi connectivity index (χ1v) is 9.09. The highest BCUT2D eigenvalue weighted by Gasteiger charge is 2.07. The van der Waals surface area contributed by atoms with Crippen LogP contribution in [0.5, 0.6) is 5.75 Å². The normalized spacial score (nSPS) is 11.0. The number of nitrogens with zero attached hydrogens (tertiary/aromatic N) is 4. The van der Waals surface area contributed by atoms with Crippen molar-refractivity contribution in [3.05, 3.63) is 95.0 Å². The first-order valence-electron chi connectivity index (χ1n) is 8.68. The molecule has 0 aliphatic carbocycles. The Morgan fingerprint density at radius 3 is 2.79 bits per heavy atom. The van der Waals surface area contributed by atoms with Gasteiger partial charge in [-0.15, -0.1) is 0 Å². The van der Waals surface area contributed by atoms with Crippen LogP contribution in [0.2, 0.25) is 0 Å². The second kappa shape index (κ2) is 8.41. The third-order valence-corrected chi connectivity index (χ3v) is 4.26. The van der Waals surface area contributed by atoms with Gasteiger partial charge in [-0.2, -0.15) is 14.9 Å². The van der Waals surface area contributed by atoms with E-state index in [1.165, 1.54) is 0 Å². The molecule has 6 nitrogen and oxygen atoms in total. The first kappa shape index (κ1) is 17.8. The molecular weight excluding hydrogens is 370 g/mol. The lowest BCUT2D eigenvalue weighted by Gasteiger charge is -2.06. The van der Waals surface area contributed by atoms with E-state index in [1.807, 2.05) is 66.7 Å². The van der Waals surface area contributed by atoms with Crippen LogP contribution in [0.3, 0.4) is 0 Å². The van der Waals surface area contributed by atoms with E-state index in [0.29, 0.717) is 17.2 Å². The third-order valence-electron chi connectivity index (χ3n) is 4.00. The molecule has 0 unspecified atom stereocenters. The van der Waals surface area contributed by atoms with Gasteiger partial charge in [0.15, 0.2) is 5.82 Å². The minimum absolute atomic E-state index is 0.409. The topological polar surface area (TPSA) is 68.1 Å². The summed E-state index contributed by atoms with van der Waals surface area (Å²) >= 11 is 5.30. The van der Waals surface area contributed by atoms with E-state index >= 15 is 0 Å². The highest BCUT2D eigenvalue weighted by molar-refractivity contribution is 7.71. The molecule has 2 heterocycles. The summed E-state index contributed by atoms with van der Waals surface area (Å²) in [5.41, 5.74) is 2.84. The largest absolute Gasteiger partial charge is 0.489 e. The number of nitrogens with one attached hydrogen (secondary N) is 1. The summed E-state index contributed by atoms with van der Waals surface area (Å²) in [7, 11) is 0. The molecule has 0 radical (unpaired) electrons. The summed E-state index contributed by atoms with van der Waals surface area (Å²) in [6, 6.07) is 21.5. The predicted octanol–water partition coefficient (Wildman–Crippen LogP) is 4.46. The van der Waals surface area contributed by atoms with Gasteiger partial charge in [0.1, 0.15) is 12.4 Å². The molecule has 0 bridgehead atoms. The Morgan fingerprint density at radius 1 is 1.07 bits per heavy atom. The average Bonchev–Trinajstić information content (AvgIpc) is 3.13. The van der Waals surface area contributed by atoms with Gasteiger partial charge < -0.3 is 4.74 Å². The second-order valence-electron chi connectivity index (χ2n) is 6.00. The molecule has 0 amide bonds. The molecule has 2 aromatic carbocycles. The van der Waals surface area contributed by atoms with Crippen molar-refractivity contribution in [2.45, 2.75) is 6.61 Å². The Kier molecular flexibility index (Phi) is 5.35. The molecule has 0 saturated carbocycles. The molecule has 7 heteroatoms. The van der Waals surface area contributed by atoms with Crippen LogP contribution in [0.25, 0.3) is 11.4 Å². The molecule has 28 heavy (non-hydrogen) atoms. The van der Waals surface area contributed by atoms with Crippen LogP contribution in [-0.2, 0) is 6.61 Å². The summed E-state index contributed by atoms with van der Waals surface area (Å²) in [5.74, 6) is 1.38. The van der Waals surface area contributed by atoms with Crippen molar-refractivity contribution >= 4 is 18.4 Å². The fourth-order valence-electron chi connectivity index (χ4n) is 2.63. The van der Waals surface area contributed by atoms with Gasteiger partial charge >= 0.3 is 0 Å². The number of aromatic amines is 1. The Morgan fingerprint density at radius 2 is 1.96 bits per heavy atom. The van der Waals surface area contributed by atoms with Gasteiger partial charge in [-0.3, -0.25) is 4.98 Å². The molecule has 0 aliphatic rings. The van der Waals surface area contributed by atoms with Crippen LogP contribution in [-0.4, -0.2) is 26.1 Å². The fraction of sp³-hybridized carbons (Fsp3) is 0.0476. The smallest absolute Gasteiger partial charge is 0.216 e. The lowest BCUT2D eigenvalue weighted by molar-refractivity contribution is 0.306. The molecule has 0 spiro atoms. The fourth-order valence-corrected chi connectivity index (χ4v) is 2.81. The van der Waals surface area contributed by atoms with Gasteiger partial charge in [-0.05, 0) is 47.6 Å². The van der Waals surface area contributed by atoms with Crippen molar-refractivity contribution in [1.29, 1.82) is 0 Å². The van der Waals surface area contributed by atoms with E-state index in [2.05, 4.69) is 20.3 Å². The highest BCUT2D eigenvalue weighted by atomic mass is 32.1. The molecule has 2 aromatic heterocycles. The number of aromatic nitrogens is 4. The van der Waals surface area contributed by atoms with Gasteiger partial charge in [0.05, 0.1) is 6.21 Å². The quantitative estimate of drug-likeness (QED) is 0.392. The predicted molar refractivity (Wildman–Crippen MR) is 111 cm³/mol. The third kappa shape index (κ3) is 4.21. The summed E-state index contributed by atoms with van der Waals surface area (Å²) < 4.78 is 7.85. The summed E-state index contributed by atoms with van der Waals surface area (Å²) in [6.45, 7) is 0.513. The van der Waals surface area contributed by atoms with Gasteiger partial charge in [-0.25, -0.2) is 5.10 Å². The van der Waals surface area contributed by atoms with Crippen molar-refractivity contribution in [1.82, 2.24) is 19.9 Å². The van der Waals surface area contributed by atoms with Crippen molar-refractivity contribution < 1.29 is 4.74 Å². The van der Waals surface area contributed by atoms with Gasteiger partial charge in [0.25, 0.3) is 0 Å². The molecule has 0 aliphatic heterocycles. The molecule has 4 rings (SSSR count). The summed E-state index contributed by atoms with van der Waals surface area (Å²) in [6.07, 6.45) is 5.15. The lowest BCUT2D eigenvalue weighted by Crippen LogP contribution is -1.97. The van der Waals surface area contributed by atoms with Crippen LogP contribution in [0.4, 0.5) is 0 Å². The maximum Gasteiger partial charge on any atom is 0.216 e. The van der Waals surface area contributed by atoms with E-state index in [0.717, 1.165) is 22.4 Å². The minimum atomic E-state index is 0.409. The Bertz CT molecular complexity index is 1140. The zero-order valence-corrected chi connectivity index (χ0v) is 15.7. The number of rotatable bonds is 6. The van der Waals surface area contributed by atoms with E-state index in [-0.39, 0.29) is 0 Å². The Hall–Kier alpha value is -3.58. The minimum Gasteiger partial charge on any atom is -0.489 e. The number of ether oxygens (including phenoxy) is 1. The molecule has 1 N–H and O–H groups in total. The molecular formula is C21H17N5OS. The molecule has 138 valence electrons. The summed E-state index contributed by atoms with van der Waals surface area (Å²) in [5, 5.41) is 11.5. The molecule has 0 saturated heterocycles. The highest BCUT2D eigenvalue weighted by Crippen LogP contribution is 2.17. The van der Waals surface area contributed by atoms with Crippen LogP contribution in [0.1, 0.15) is 11.1 Å². The Labute approximate surface area is 167 Å². The van der Waals surface area contributed by atoms with Crippen molar-refractivity contribution in [2.24, 2.45) is 5.10 Å². The number of benzene rings is 2. The number of hydrogen-bond donors (Lipinski definition) is 1. The lowest BCUT2D eigenvalue weighted by atomic mass is 10.2. The molecule has 0 fully saturated rings. The zero-order chi connectivity index (χ0) is 19.2. The first-order chi connectivity index (χ1) is 13.8. The number of pyridine rings is 1. The maximum atomic E-state index is 5.87. The zero-order valence-electron chi connectivity index (χ0n) is 14.9. The van der Waals surface area contributed by atoms with Crippen LogP contribution >= 0.6 is 12.2 Å². The number of hydrogen-bond acceptors (Lipinski definition) is 5. The van der Waals surface area contributed by atoms with E-state index in [1.54, 1.807) is 23.3 Å². The molecule has 0 atom stereocenters. The molecule has 4 aromatic rings. The van der Waals surface area contributed by atoms with E-state index < -0.39 is 0 Å². The van der Waals surface area contributed by atoms with Gasteiger partial charge in [-0.1, -0.05) is 42.5 Å². The van der Waals surface area contributed by atoms with Crippen molar-refractivity contribution in [2.75, 3.05) is 0 Å². The Balaban J connectivity index is 1.53. The number of H-pyrrole nitrogens is 1. The SMILES string of the molecule is S=c1[nH]nc(-c2cccnc2)n1/N=C\c1cccc(OCc2ccccc2)c1. The maximum absolute atomic E-state index is 5.87. The van der Waals surface area contributed by atoms with Gasteiger partial charge in [0, 0.05) is 18.0 Å².